The van der Waals surface area contributed by atoms with Crippen molar-refractivity contribution in [2.24, 2.45) is 0 Å². The zero-order valence-electron chi connectivity index (χ0n) is 10.5. The molecule has 5 N–H and O–H groups in total. The molecule has 1 aromatic heterocycles. The van der Waals surface area contributed by atoms with E-state index in [2.05, 4.69) is 4.98 Å². The van der Waals surface area contributed by atoms with Crippen LogP contribution in [0.25, 0.3) is 0 Å². The zero-order chi connectivity index (χ0) is 14.0. The third-order valence-corrected chi connectivity index (χ3v) is 2.80. The van der Waals surface area contributed by atoms with Crippen LogP contribution in [-0.4, -0.2) is 17.0 Å². The van der Waals surface area contributed by atoms with Crippen LogP contribution in [-0.2, 0) is 0 Å². The number of nitrogen functional groups attached to an aromatic ring is 2. The van der Waals surface area contributed by atoms with Crippen LogP contribution in [0, 0.1) is 12.3 Å². The summed E-state index contributed by atoms with van der Waals surface area (Å²) < 4.78 is 0. The standard InChI is InChI=1S/C14H14N4O/c1-8-5-12(17)13(18-7-8)14(19)9-3-2-4-11(16)10(9)6-15/h2-7,15H,16-17H2,1H3. The average molecular weight is 254 g/mol. The summed E-state index contributed by atoms with van der Waals surface area (Å²) in [5.41, 5.74) is 14.1. The summed E-state index contributed by atoms with van der Waals surface area (Å²) in [4.78, 5) is 16.5. The van der Waals surface area contributed by atoms with E-state index in [4.69, 9.17) is 16.9 Å². The molecule has 1 heterocycles. The second-order valence-corrected chi connectivity index (χ2v) is 4.23. The van der Waals surface area contributed by atoms with Crippen molar-refractivity contribution in [3.05, 3.63) is 52.8 Å². The Morgan fingerprint density at radius 2 is 2.05 bits per heavy atom. The Balaban J connectivity index is 2.56. The highest BCUT2D eigenvalue weighted by Crippen LogP contribution is 2.20. The van der Waals surface area contributed by atoms with Gasteiger partial charge in [-0.2, -0.15) is 0 Å². The van der Waals surface area contributed by atoms with Crippen LogP contribution >= 0.6 is 0 Å². The van der Waals surface area contributed by atoms with Gasteiger partial charge < -0.3 is 16.9 Å². The molecule has 0 amide bonds. The molecule has 0 bridgehead atoms. The molecule has 0 saturated carbocycles. The van der Waals surface area contributed by atoms with Crippen molar-refractivity contribution >= 4 is 23.4 Å². The maximum absolute atomic E-state index is 12.4. The number of nitrogens with zero attached hydrogens (tertiary/aromatic N) is 1. The number of nitrogens with one attached hydrogen (secondary N) is 1. The molecule has 0 aliphatic rings. The molecule has 5 nitrogen and oxygen atoms in total. The number of carbonyl (C=O) groups excluding carboxylic acids is 1. The van der Waals surface area contributed by atoms with Crippen LogP contribution < -0.4 is 11.5 Å². The molecule has 5 heteroatoms. The number of nitrogens with two attached hydrogens (primary N) is 2. The molecular weight excluding hydrogens is 240 g/mol. The molecule has 19 heavy (non-hydrogen) atoms. The number of rotatable bonds is 3. The minimum Gasteiger partial charge on any atom is -0.398 e. The van der Waals surface area contributed by atoms with E-state index in [-0.39, 0.29) is 11.5 Å². The molecule has 0 radical (unpaired) electrons. The Kier molecular flexibility index (Phi) is 3.29. The fraction of sp³-hybridized carbons (Fsp3) is 0.0714. The first-order valence-electron chi connectivity index (χ1n) is 5.70. The molecule has 0 saturated heterocycles. The highest BCUT2D eigenvalue weighted by Gasteiger charge is 2.18. The van der Waals surface area contributed by atoms with Gasteiger partial charge in [-0.25, -0.2) is 0 Å². The second kappa shape index (κ2) is 4.89. The Hall–Kier alpha value is -2.69. The van der Waals surface area contributed by atoms with Gasteiger partial charge in [0.15, 0.2) is 0 Å². The van der Waals surface area contributed by atoms with Gasteiger partial charge in [0.25, 0.3) is 0 Å². The predicted molar refractivity (Wildman–Crippen MR) is 75.6 cm³/mol. The van der Waals surface area contributed by atoms with Gasteiger partial charge in [0.2, 0.25) is 5.78 Å². The molecule has 0 aliphatic heterocycles. The van der Waals surface area contributed by atoms with Gasteiger partial charge in [0.05, 0.1) is 5.69 Å². The van der Waals surface area contributed by atoms with Gasteiger partial charge in [0.1, 0.15) is 5.69 Å². The van der Waals surface area contributed by atoms with E-state index >= 15 is 0 Å². The molecule has 2 rings (SSSR count). The van der Waals surface area contributed by atoms with Gasteiger partial charge in [-0.15, -0.1) is 0 Å². The van der Waals surface area contributed by atoms with E-state index in [0.29, 0.717) is 22.5 Å². The SMILES string of the molecule is Cc1cnc(C(=O)c2cccc(N)c2C=N)c(N)c1. The van der Waals surface area contributed by atoms with Gasteiger partial charge in [-0.05, 0) is 24.6 Å². The first-order valence-corrected chi connectivity index (χ1v) is 5.70. The summed E-state index contributed by atoms with van der Waals surface area (Å²) in [6, 6.07) is 6.61. The quantitative estimate of drug-likeness (QED) is 0.441. The van der Waals surface area contributed by atoms with Gasteiger partial charge >= 0.3 is 0 Å². The van der Waals surface area contributed by atoms with Crippen LogP contribution in [0.15, 0.2) is 30.5 Å². The molecule has 0 aliphatic carbocycles. The fourth-order valence-corrected chi connectivity index (χ4v) is 1.85. The lowest BCUT2D eigenvalue weighted by atomic mass is 9.99. The summed E-state index contributed by atoms with van der Waals surface area (Å²) in [7, 11) is 0. The molecule has 2 aromatic rings. The number of anilines is 2. The zero-order valence-corrected chi connectivity index (χ0v) is 10.5. The monoisotopic (exact) mass is 254 g/mol. The number of carbonyl (C=O) groups is 1. The topological polar surface area (TPSA) is 106 Å². The summed E-state index contributed by atoms with van der Waals surface area (Å²) in [5.74, 6) is -0.330. The summed E-state index contributed by atoms with van der Waals surface area (Å²) >= 11 is 0. The summed E-state index contributed by atoms with van der Waals surface area (Å²) in [5, 5.41) is 7.36. The number of benzene rings is 1. The lowest BCUT2D eigenvalue weighted by Crippen LogP contribution is -2.11. The molecule has 1 aromatic carbocycles. The lowest BCUT2D eigenvalue weighted by Gasteiger charge is -2.09. The smallest absolute Gasteiger partial charge is 0.214 e. The molecular formula is C14H14N4O. The first-order chi connectivity index (χ1) is 9.04. The van der Waals surface area contributed by atoms with E-state index in [0.717, 1.165) is 11.8 Å². The van der Waals surface area contributed by atoms with E-state index in [9.17, 15) is 4.79 Å². The molecule has 0 atom stereocenters. The third kappa shape index (κ3) is 2.30. The van der Waals surface area contributed by atoms with E-state index in [1.165, 1.54) is 0 Å². The number of hydrogen-bond donors (Lipinski definition) is 3. The highest BCUT2D eigenvalue weighted by atomic mass is 16.1. The van der Waals surface area contributed by atoms with Crippen LogP contribution in [0.3, 0.4) is 0 Å². The van der Waals surface area contributed by atoms with Gasteiger partial charge in [0, 0.05) is 29.2 Å². The minimum atomic E-state index is -0.330. The van der Waals surface area contributed by atoms with Crippen molar-refractivity contribution in [3.63, 3.8) is 0 Å². The van der Waals surface area contributed by atoms with Gasteiger partial charge in [-0.1, -0.05) is 12.1 Å². The van der Waals surface area contributed by atoms with Crippen molar-refractivity contribution in [1.82, 2.24) is 4.98 Å². The second-order valence-electron chi connectivity index (χ2n) is 4.23. The number of pyridine rings is 1. The van der Waals surface area contributed by atoms with Crippen LogP contribution in [0.2, 0.25) is 0 Å². The van der Waals surface area contributed by atoms with Crippen molar-refractivity contribution in [3.8, 4) is 0 Å². The lowest BCUT2D eigenvalue weighted by molar-refractivity contribution is 0.103. The number of hydrogen-bond acceptors (Lipinski definition) is 5. The van der Waals surface area contributed by atoms with Crippen molar-refractivity contribution in [1.29, 1.82) is 5.41 Å². The summed E-state index contributed by atoms with van der Waals surface area (Å²) in [6.07, 6.45) is 2.65. The van der Waals surface area contributed by atoms with Crippen LogP contribution in [0.5, 0.6) is 0 Å². The number of ketones is 1. The molecule has 0 fully saturated rings. The third-order valence-electron chi connectivity index (χ3n) is 2.80. The van der Waals surface area contributed by atoms with Gasteiger partial charge in [-0.3, -0.25) is 9.78 Å². The van der Waals surface area contributed by atoms with Crippen molar-refractivity contribution < 1.29 is 4.79 Å². The maximum Gasteiger partial charge on any atom is 0.214 e. The summed E-state index contributed by atoms with van der Waals surface area (Å²) in [6.45, 7) is 1.85. The fourth-order valence-electron chi connectivity index (χ4n) is 1.85. The average Bonchev–Trinajstić information content (AvgIpc) is 2.37. The Bertz CT molecular complexity index is 664. The largest absolute Gasteiger partial charge is 0.398 e. The van der Waals surface area contributed by atoms with Crippen LogP contribution in [0.4, 0.5) is 11.4 Å². The maximum atomic E-state index is 12.4. The van der Waals surface area contributed by atoms with E-state index in [1.807, 2.05) is 6.92 Å². The molecule has 0 spiro atoms. The first kappa shape index (κ1) is 12.8. The van der Waals surface area contributed by atoms with E-state index in [1.54, 1.807) is 30.5 Å². The molecule has 96 valence electrons. The van der Waals surface area contributed by atoms with Crippen molar-refractivity contribution in [2.45, 2.75) is 6.92 Å². The van der Waals surface area contributed by atoms with E-state index < -0.39 is 0 Å². The Morgan fingerprint density at radius 3 is 2.68 bits per heavy atom. The Morgan fingerprint density at radius 1 is 1.32 bits per heavy atom. The molecule has 0 unspecified atom stereocenters. The number of aryl methyl sites for hydroxylation is 1. The van der Waals surface area contributed by atoms with Crippen molar-refractivity contribution in [2.75, 3.05) is 11.5 Å². The highest BCUT2D eigenvalue weighted by molar-refractivity contribution is 6.15. The number of aromatic nitrogens is 1. The van der Waals surface area contributed by atoms with Crippen LogP contribution in [0.1, 0.15) is 27.2 Å². The predicted octanol–water partition coefficient (Wildman–Crippen LogP) is 1.78. The minimum absolute atomic E-state index is 0.180. The normalized spacial score (nSPS) is 10.2. The Labute approximate surface area is 110 Å².